The summed E-state index contributed by atoms with van der Waals surface area (Å²) in [4.78, 5) is 12.0. The van der Waals surface area contributed by atoms with E-state index >= 15 is 0 Å². The Morgan fingerprint density at radius 1 is 1.38 bits per heavy atom. The first kappa shape index (κ1) is 12.9. The summed E-state index contributed by atoms with van der Waals surface area (Å²) in [7, 11) is 1.61. The third-order valence-electron chi connectivity index (χ3n) is 3.09. The number of rotatable bonds is 2. The van der Waals surface area contributed by atoms with E-state index in [1.165, 1.54) is 4.90 Å². The van der Waals surface area contributed by atoms with Gasteiger partial charge in [-0.25, -0.2) is 4.79 Å². The van der Waals surface area contributed by atoms with Crippen LogP contribution in [-0.2, 0) is 0 Å². The van der Waals surface area contributed by atoms with Crippen LogP contribution in [0.3, 0.4) is 0 Å². The molecule has 0 atom stereocenters. The van der Waals surface area contributed by atoms with Crippen LogP contribution < -0.4 is 0 Å². The molecule has 0 unspecified atom stereocenters. The van der Waals surface area contributed by atoms with Gasteiger partial charge in [0.1, 0.15) is 6.61 Å². The predicted octanol–water partition coefficient (Wildman–Crippen LogP) is 1.40. The molecule has 2 N–H and O–H groups in total. The Hall–Kier alpha value is -1.21. The van der Waals surface area contributed by atoms with Gasteiger partial charge in [-0.05, 0) is 31.6 Å². The summed E-state index contributed by atoms with van der Waals surface area (Å²) in [5.41, 5.74) is 0. The summed E-state index contributed by atoms with van der Waals surface area (Å²) >= 11 is 0. The average Bonchev–Trinajstić information content (AvgIpc) is 2.28. The molecular formula is C12H19NO3. The van der Waals surface area contributed by atoms with Crippen molar-refractivity contribution in [2.45, 2.75) is 25.7 Å². The number of hydrogen-bond donors (Lipinski definition) is 2. The second-order valence-corrected chi connectivity index (χ2v) is 4.36. The van der Waals surface area contributed by atoms with E-state index in [1.807, 2.05) is 0 Å². The molecule has 0 aliphatic heterocycles. The quantitative estimate of drug-likeness (QED) is 0.698. The van der Waals surface area contributed by atoms with Gasteiger partial charge in [0.15, 0.2) is 0 Å². The molecule has 0 spiro atoms. The van der Waals surface area contributed by atoms with Crippen molar-refractivity contribution in [3.05, 3.63) is 0 Å². The SMILES string of the molecule is CN(CC1CCC(C#CCO)CC1)C(=O)O. The van der Waals surface area contributed by atoms with Crippen molar-refractivity contribution in [2.24, 2.45) is 11.8 Å². The fraction of sp³-hybridized carbons (Fsp3) is 0.750. The maximum Gasteiger partial charge on any atom is 0.407 e. The van der Waals surface area contributed by atoms with E-state index in [0.29, 0.717) is 18.4 Å². The van der Waals surface area contributed by atoms with E-state index in [2.05, 4.69) is 11.8 Å². The third-order valence-corrected chi connectivity index (χ3v) is 3.09. The zero-order valence-corrected chi connectivity index (χ0v) is 9.65. The smallest absolute Gasteiger partial charge is 0.407 e. The van der Waals surface area contributed by atoms with Crippen LogP contribution in [0.1, 0.15) is 25.7 Å². The number of carboxylic acid groups (broad SMARTS) is 1. The minimum atomic E-state index is -0.859. The first-order valence-corrected chi connectivity index (χ1v) is 5.66. The lowest BCUT2D eigenvalue weighted by atomic mass is 9.82. The van der Waals surface area contributed by atoms with Gasteiger partial charge in [0.25, 0.3) is 0 Å². The number of hydrogen-bond acceptors (Lipinski definition) is 2. The Balaban J connectivity index is 2.29. The van der Waals surface area contributed by atoms with Crippen LogP contribution in [-0.4, -0.2) is 41.4 Å². The predicted molar refractivity (Wildman–Crippen MR) is 61.0 cm³/mol. The lowest BCUT2D eigenvalue weighted by Gasteiger charge is -2.28. The minimum absolute atomic E-state index is 0.0678. The summed E-state index contributed by atoms with van der Waals surface area (Å²) in [5, 5.41) is 17.3. The molecule has 4 heteroatoms. The summed E-state index contributed by atoms with van der Waals surface area (Å²) in [6.07, 6.45) is 3.24. The number of carbonyl (C=O) groups is 1. The van der Waals surface area contributed by atoms with Crippen molar-refractivity contribution in [1.82, 2.24) is 4.90 Å². The summed E-state index contributed by atoms with van der Waals surface area (Å²) in [6.45, 7) is 0.553. The van der Waals surface area contributed by atoms with Crippen molar-refractivity contribution < 1.29 is 15.0 Å². The van der Waals surface area contributed by atoms with Gasteiger partial charge in [-0.3, -0.25) is 0 Å². The van der Waals surface area contributed by atoms with Crippen molar-refractivity contribution in [2.75, 3.05) is 20.2 Å². The molecule has 0 aromatic rings. The maximum absolute atomic E-state index is 10.7. The van der Waals surface area contributed by atoms with Crippen molar-refractivity contribution in [1.29, 1.82) is 0 Å². The lowest BCUT2D eigenvalue weighted by Crippen LogP contribution is -2.32. The molecule has 90 valence electrons. The van der Waals surface area contributed by atoms with Gasteiger partial charge in [-0.1, -0.05) is 11.8 Å². The molecule has 0 aromatic heterocycles. The molecule has 0 heterocycles. The van der Waals surface area contributed by atoms with Crippen molar-refractivity contribution in [3.8, 4) is 11.8 Å². The molecule has 1 aliphatic carbocycles. The average molecular weight is 225 g/mol. The van der Waals surface area contributed by atoms with E-state index in [1.54, 1.807) is 7.05 Å². The van der Waals surface area contributed by atoms with E-state index in [4.69, 9.17) is 10.2 Å². The lowest BCUT2D eigenvalue weighted by molar-refractivity contribution is 0.142. The first-order chi connectivity index (χ1) is 7.63. The van der Waals surface area contributed by atoms with Crippen LogP contribution in [0.25, 0.3) is 0 Å². The fourth-order valence-electron chi connectivity index (χ4n) is 2.14. The fourth-order valence-corrected chi connectivity index (χ4v) is 2.14. The molecule has 0 saturated heterocycles. The highest BCUT2D eigenvalue weighted by molar-refractivity contribution is 5.64. The van der Waals surface area contributed by atoms with Gasteiger partial charge < -0.3 is 15.1 Å². The van der Waals surface area contributed by atoms with Crippen molar-refractivity contribution in [3.63, 3.8) is 0 Å². The van der Waals surface area contributed by atoms with Crippen LogP contribution in [0.15, 0.2) is 0 Å². The topological polar surface area (TPSA) is 60.8 Å². The highest BCUT2D eigenvalue weighted by Crippen LogP contribution is 2.28. The zero-order chi connectivity index (χ0) is 12.0. The Kier molecular flexibility index (Phi) is 5.13. The Bertz CT molecular complexity index is 284. The molecule has 4 nitrogen and oxygen atoms in total. The zero-order valence-electron chi connectivity index (χ0n) is 9.65. The largest absolute Gasteiger partial charge is 0.465 e. The van der Waals surface area contributed by atoms with Crippen LogP contribution in [0, 0.1) is 23.7 Å². The second-order valence-electron chi connectivity index (χ2n) is 4.36. The van der Waals surface area contributed by atoms with E-state index in [9.17, 15) is 4.79 Å². The molecule has 0 radical (unpaired) electrons. The van der Waals surface area contributed by atoms with Gasteiger partial charge >= 0.3 is 6.09 Å². The highest BCUT2D eigenvalue weighted by Gasteiger charge is 2.22. The van der Waals surface area contributed by atoms with Gasteiger partial charge in [0.2, 0.25) is 0 Å². The van der Waals surface area contributed by atoms with E-state index in [-0.39, 0.29) is 6.61 Å². The molecule has 1 aliphatic rings. The molecule has 16 heavy (non-hydrogen) atoms. The van der Waals surface area contributed by atoms with E-state index in [0.717, 1.165) is 25.7 Å². The summed E-state index contributed by atoms with van der Waals surface area (Å²) in [6, 6.07) is 0. The first-order valence-electron chi connectivity index (χ1n) is 5.66. The Morgan fingerprint density at radius 2 is 2.00 bits per heavy atom. The van der Waals surface area contributed by atoms with Gasteiger partial charge in [-0.2, -0.15) is 0 Å². The summed E-state index contributed by atoms with van der Waals surface area (Å²) in [5.74, 6) is 6.58. The molecule has 0 bridgehead atoms. The molecule has 0 aromatic carbocycles. The van der Waals surface area contributed by atoms with Crippen LogP contribution in [0.4, 0.5) is 4.79 Å². The molecule has 1 rings (SSSR count). The Morgan fingerprint density at radius 3 is 2.50 bits per heavy atom. The molecule has 1 amide bonds. The highest BCUT2D eigenvalue weighted by atomic mass is 16.4. The monoisotopic (exact) mass is 225 g/mol. The maximum atomic E-state index is 10.7. The molecule has 1 saturated carbocycles. The van der Waals surface area contributed by atoms with Gasteiger partial charge in [-0.15, -0.1) is 0 Å². The van der Waals surface area contributed by atoms with Gasteiger partial charge in [0.05, 0.1) is 0 Å². The second kappa shape index (κ2) is 6.39. The number of aliphatic hydroxyl groups excluding tert-OH is 1. The molecule has 1 fully saturated rings. The van der Waals surface area contributed by atoms with Gasteiger partial charge in [0, 0.05) is 19.5 Å². The van der Waals surface area contributed by atoms with Crippen molar-refractivity contribution >= 4 is 6.09 Å². The molecular weight excluding hydrogens is 206 g/mol. The summed E-state index contributed by atoms with van der Waals surface area (Å²) < 4.78 is 0. The third kappa shape index (κ3) is 4.11. The van der Waals surface area contributed by atoms with E-state index < -0.39 is 6.09 Å². The minimum Gasteiger partial charge on any atom is -0.465 e. The standard InChI is InChI=1S/C12H19NO3/c1-13(12(15)16)9-11-6-4-10(5-7-11)3-2-8-14/h10-11,14H,4-9H2,1H3,(H,15,16). The Labute approximate surface area is 96.3 Å². The normalized spacial score (nSPS) is 24.4. The number of aliphatic hydroxyl groups is 1. The number of nitrogens with zero attached hydrogens (tertiary/aromatic N) is 1. The van der Waals surface area contributed by atoms with Crippen LogP contribution >= 0.6 is 0 Å². The van der Waals surface area contributed by atoms with Crippen LogP contribution in [0.5, 0.6) is 0 Å². The number of amides is 1. The van der Waals surface area contributed by atoms with Crippen LogP contribution in [0.2, 0.25) is 0 Å².